The minimum Gasteiger partial charge on any atom is -0.478 e. The van der Waals surface area contributed by atoms with Crippen molar-refractivity contribution in [2.45, 2.75) is 6.92 Å². The first-order valence-electron chi connectivity index (χ1n) is 5.87. The topological polar surface area (TPSA) is 59.4 Å². The number of aryl methyl sites for hydroxylation is 1. The van der Waals surface area contributed by atoms with E-state index in [9.17, 15) is 4.79 Å². The van der Waals surface area contributed by atoms with Gasteiger partial charge in [0.1, 0.15) is 11.5 Å². The Morgan fingerprint density at radius 1 is 1.30 bits per heavy atom. The Kier molecular flexibility index (Phi) is 4.38. The van der Waals surface area contributed by atoms with Crippen LogP contribution in [0, 0.1) is 6.92 Å². The first kappa shape index (κ1) is 14.1. The first-order chi connectivity index (χ1) is 9.58. The molecule has 1 aromatic carbocycles. The number of aliphatic carboxylic acids is 1. The molecular weight excluding hydrogens is 278 g/mol. The molecule has 1 aromatic heterocycles. The number of nitrogens with zero attached hydrogens (tertiary/aromatic N) is 1. The molecule has 1 heterocycles. The molecule has 1 N–H and O–H groups in total. The van der Waals surface area contributed by atoms with E-state index in [0.717, 1.165) is 11.8 Å². The minimum absolute atomic E-state index is 0.418. The molecule has 4 nitrogen and oxygen atoms in total. The van der Waals surface area contributed by atoms with E-state index in [1.54, 1.807) is 36.5 Å². The van der Waals surface area contributed by atoms with Gasteiger partial charge in [-0.3, -0.25) is 4.98 Å². The van der Waals surface area contributed by atoms with E-state index in [-0.39, 0.29) is 0 Å². The summed E-state index contributed by atoms with van der Waals surface area (Å²) in [7, 11) is 0. The van der Waals surface area contributed by atoms with Gasteiger partial charge < -0.3 is 9.84 Å². The quantitative estimate of drug-likeness (QED) is 0.866. The van der Waals surface area contributed by atoms with Crippen molar-refractivity contribution in [3.05, 3.63) is 58.9 Å². The molecule has 2 rings (SSSR count). The molecular formula is C15H12ClNO3. The zero-order valence-electron chi connectivity index (χ0n) is 10.7. The maximum atomic E-state index is 10.6. The van der Waals surface area contributed by atoms with Crippen LogP contribution >= 0.6 is 11.6 Å². The van der Waals surface area contributed by atoms with Gasteiger partial charge in [-0.2, -0.15) is 0 Å². The van der Waals surface area contributed by atoms with Gasteiger partial charge in [0.15, 0.2) is 0 Å². The van der Waals surface area contributed by atoms with Crippen molar-refractivity contribution in [2.24, 2.45) is 0 Å². The number of hydrogen-bond donors (Lipinski definition) is 1. The van der Waals surface area contributed by atoms with Crippen LogP contribution in [-0.2, 0) is 4.79 Å². The molecule has 0 unspecified atom stereocenters. The largest absolute Gasteiger partial charge is 0.478 e. The number of benzene rings is 1. The summed E-state index contributed by atoms with van der Waals surface area (Å²) in [4.78, 5) is 14.8. The van der Waals surface area contributed by atoms with Crippen LogP contribution in [0.1, 0.15) is 11.3 Å². The van der Waals surface area contributed by atoms with Gasteiger partial charge in [-0.25, -0.2) is 4.79 Å². The fraction of sp³-hybridized carbons (Fsp3) is 0.0667. The third-order valence-electron chi connectivity index (χ3n) is 2.58. The molecule has 20 heavy (non-hydrogen) atoms. The highest BCUT2D eigenvalue weighted by Crippen LogP contribution is 2.32. The summed E-state index contributed by atoms with van der Waals surface area (Å²) in [5, 5.41) is 9.13. The zero-order chi connectivity index (χ0) is 14.5. The van der Waals surface area contributed by atoms with E-state index in [1.165, 1.54) is 6.08 Å². The molecule has 0 aliphatic rings. The zero-order valence-corrected chi connectivity index (χ0v) is 11.5. The molecule has 2 aromatic rings. The van der Waals surface area contributed by atoms with Gasteiger partial charge in [0.25, 0.3) is 0 Å². The van der Waals surface area contributed by atoms with Crippen LogP contribution in [-0.4, -0.2) is 16.1 Å². The van der Waals surface area contributed by atoms with E-state index in [1.807, 2.05) is 6.92 Å². The van der Waals surface area contributed by atoms with E-state index in [2.05, 4.69) is 4.98 Å². The predicted molar refractivity (Wildman–Crippen MR) is 77.2 cm³/mol. The van der Waals surface area contributed by atoms with Crippen molar-refractivity contribution in [1.82, 2.24) is 4.98 Å². The van der Waals surface area contributed by atoms with Crippen LogP contribution in [0.5, 0.6) is 11.5 Å². The van der Waals surface area contributed by atoms with Crippen molar-refractivity contribution in [3.63, 3.8) is 0 Å². The number of aromatic nitrogens is 1. The second-order valence-electron chi connectivity index (χ2n) is 4.01. The van der Waals surface area contributed by atoms with Gasteiger partial charge in [0.05, 0.1) is 10.7 Å². The van der Waals surface area contributed by atoms with Crippen molar-refractivity contribution < 1.29 is 14.6 Å². The summed E-state index contributed by atoms with van der Waals surface area (Å²) in [6, 6.07) is 8.68. The van der Waals surface area contributed by atoms with E-state index < -0.39 is 5.97 Å². The van der Waals surface area contributed by atoms with Gasteiger partial charge in [-0.05, 0) is 37.3 Å². The van der Waals surface area contributed by atoms with Crippen LogP contribution in [0.15, 0.2) is 42.6 Å². The number of rotatable bonds is 4. The highest BCUT2D eigenvalue weighted by molar-refractivity contribution is 6.32. The third-order valence-corrected chi connectivity index (χ3v) is 2.91. The molecule has 0 saturated carbocycles. The first-order valence-corrected chi connectivity index (χ1v) is 6.24. The number of hydrogen-bond acceptors (Lipinski definition) is 3. The molecule has 0 aliphatic carbocycles. The van der Waals surface area contributed by atoms with Gasteiger partial charge in [0, 0.05) is 17.8 Å². The summed E-state index contributed by atoms with van der Waals surface area (Å²) < 4.78 is 5.76. The molecule has 0 aliphatic heterocycles. The number of carboxylic acids is 1. The standard InChI is InChI=1S/C15H12ClNO3/c1-10-13(6-3-9-17-10)20-14-5-2-4-12(16)11(14)7-8-15(18)19/h2-9H,1H3,(H,18,19)/b8-7+. The van der Waals surface area contributed by atoms with E-state index in [0.29, 0.717) is 22.1 Å². The monoisotopic (exact) mass is 289 g/mol. The van der Waals surface area contributed by atoms with E-state index >= 15 is 0 Å². The molecule has 0 fully saturated rings. The van der Waals surface area contributed by atoms with Gasteiger partial charge >= 0.3 is 5.97 Å². The van der Waals surface area contributed by atoms with Crippen molar-refractivity contribution in [3.8, 4) is 11.5 Å². The summed E-state index contributed by atoms with van der Waals surface area (Å²) in [5.74, 6) is 0.0271. The van der Waals surface area contributed by atoms with Crippen molar-refractivity contribution in [1.29, 1.82) is 0 Å². The number of halogens is 1. The van der Waals surface area contributed by atoms with Gasteiger partial charge in [-0.1, -0.05) is 17.7 Å². The van der Waals surface area contributed by atoms with Crippen molar-refractivity contribution in [2.75, 3.05) is 0 Å². The molecule has 5 heteroatoms. The SMILES string of the molecule is Cc1ncccc1Oc1cccc(Cl)c1/C=C/C(=O)O. The predicted octanol–water partition coefficient (Wildman–Crippen LogP) is 3.93. The second-order valence-corrected chi connectivity index (χ2v) is 4.42. The summed E-state index contributed by atoms with van der Waals surface area (Å²) >= 11 is 6.08. The number of carboxylic acid groups (broad SMARTS) is 1. The Hall–Kier alpha value is -2.33. The average molecular weight is 290 g/mol. The minimum atomic E-state index is -1.05. The fourth-order valence-corrected chi connectivity index (χ4v) is 1.85. The van der Waals surface area contributed by atoms with Crippen LogP contribution < -0.4 is 4.74 Å². The summed E-state index contributed by atoms with van der Waals surface area (Å²) in [5.41, 5.74) is 1.25. The Balaban J connectivity index is 2.39. The van der Waals surface area contributed by atoms with Gasteiger partial charge in [0.2, 0.25) is 0 Å². The maximum Gasteiger partial charge on any atom is 0.328 e. The number of ether oxygens (including phenoxy) is 1. The number of pyridine rings is 1. The maximum absolute atomic E-state index is 10.6. The highest BCUT2D eigenvalue weighted by Gasteiger charge is 2.08. The molecule has 0 amide bonds. The lowest BCUT2D eigenvalue weighted by molar-refractivity contribution is -0.131. The Labute approximate surface area is 121 Å². The third kappa shape index (κ3) is 3.36. The van der Waals surface area contributed by atoms with Crippen LogP contribution in [0.3, 0.4) is 0 Å². The Morgan fingerprint density at radius 3 is 2.75 bits per heavy atom. The van der Waals surface area contributed by atoms with Crippen LogP contribution in [0.25, 0.3) is 6.08 Å². The number of carbonyl (C=O) groups is 1. The normalized spacial score (nSPS) is 10.7. The summed E-state index contributed by atoms with van der Waals surface area (Å²) in [6.07, 6.45) is 4.10. The molecule has 0 saturated heterocycles. The van der Waals surface area contributed by atoms with Crippen molar-refractivity contribution >= 4 is 23.6 Å². The molecule has 0 atom stereocenters. The lowest BCUT2D eigenvalue weighted by Crippen LogP contribution is -1.93. The van der Waals surface area contributed by atoms with Gasteiger partial charge in [-0.15, -0.1) is 0 Å². The lowest BCUT2D eigenvalue weighted by Gasteiger charge is -2.11. The molecule has 0 bridgehead atoms. The highest BCUT2D eigenvalue weighted by atomic mass is 35.5. The van der Waals surface area contributed by atoms with E-state index in [4.69, 9.17) is 21.4 Å². The van der Waals surface area contributed by atoms with Crippen LogP contribution in [0.4, 0.5) is 0 Å². The smallest absolute Gasteiger partial charge is 0.328 e. The van der Waals surface area contributed by atoms with Crippen LogP contribution in [0.2, 0.25) is 5.02 Å². The fourth-order valence-electron chi connectivity index (χ4n) is 1.62. The Morgan fingerprint density at radius 2 is 2.05 bits per heavy atom. The molecule has 102 valence electrons. The Bertz CT molecular complexity index is 668. The second kappa shape index (κ2) is 6.21. The molecule has 0 radical (unpaired) electrons. The molecule has 0 spiro atoms. The average Bonchev–Trinajstić information content (AvgIpc) is 2.40. The summed E-state index contributed by atoms with van der Waals surface area (Å²) in [6.45, 7) is 1.83. The lowest BCUT2D eigenvalue weighted by atomic mass is 10.2.